The van der Waals surface area contributed by atoms with Gasteiger partial charge in [0.05, 0.1) is 6.21 Å². The van der Waals surface area contributed by atoms with Gasteiger partial charge in [-0.15, -0.1) is 0 Å². The lowest BCUT2D eigenvalue weighted by atomic mass is 10.1. The van der Waals surface area contributed by atoms with Gasteiger partial charge in [-0.05, 0) is 54.1 Å². The van der Waals surface area contributed by atoms with Gasteiger partial charge in [0.2, 0.25) is 0 Å². The van der Waals surface area contributed by atoms with Gasteiger partial charge in [-0.3, -0.25) is 14.6 Å². The number of pyridine rings is 1. The summed E-state index contributed by atoms with van der Waals surface area (Å²) in [6, 6.07) is 17.2. The molecule has 2 aromatic carbocycles. The number of carbonyl (C=O) groups excluding carboxylic acids is 2. The van der Waals surface area contributed by atoms with Crippen LogP contribution >= 0.6 is 15.9 Å². The summed E-state index contributed by atoms with van der Waals surface area (Å²) in [6.45, 7) is 0. The SMILES string of the molecule is O=C(N/N=C/c1ccncc1)c1cccc(NC(=O)c2cccc(Br)c2)c1. The topological polar surface area (TPSA) is 83.4 Å². The zero-order chi connectivity index (χ0) is 19.1. The molecule has 0 aliphatic heterocycles. The predicted octanol–water partition coefficient (Wildman–Crippen LogP) is 3.86. The lowest BCUT2D eigenvalue weighted by Gasteiger charge is -2.07. The molecule has 0 saturated heterocycles. The first kappa shape index (κ1) is 18.5. The Bertz CT molecular complexity index is 990. The van der Waals surface area contributed by atoms with Gasteiger partial charge in [-0.25, -0.2) is 5.43 Å². The first-order valence-electron chi connectivity index (χ1n) is 8.02. The molecule has 1 aromatic heterocycles. The maximum Gasteiger partial charge on any atom is 0.271 e. The average molecular weight is 423 g/mol. The summed E-state index contributed by atoms with van der Waals surface area (Å²) < 4.78 is 0.815. The van der Waals surface area contributed by atoms with E-state index in [0.29, 0.717) is 16.8 Å². The number of hydrogen-bond acceptors (Lipinski definition) is 4. The number of hydrogen-bond donors (Lipinski definition) is 2. The highest BCUT2D eigenvalue weighted by Crippen LogP contribution is 2.15. The first-order valence-corrected chi connectivity index (χ1v) is 8.81. The molecule has 2 amide bonds. The largest absolute Gasteiger partial charge is 0.322 e. The van der Waals surface area contributed by atoms with Crippen LogP contribution in [0.1, 0.15) is 26.3 Å². The quantitative estimate of drug-likeness (QED) is 0.483. The minimum absolute atomic E-state index is 0.260. The van der Waals surface area contributed by atoms with Crippen molar-refractivity contribution >= 4 is 39.6 Å². The van der Waals surface area contributed by atoms with Gasteiger partial charge in [0.25, 0.3) is 11.8 Å². The Morgan fingerprint density at radius 2 is 1.63 bits per heavy atom. The zero-order valence-electron chi connectivity index (χ0n) is 14.1. The first-order chi connectivity index (χ1) is 13.1. The van der Waals surface area contributed by atoms with Crippen LogP contribution in [0.4, 0.5) is 5.69 Å². The smallest absolute Gasteiger partial charge is 0.271 e. The van der Waals surface area contributed by atoms with Gasteiger partial charge in [0, 0.05) is 33.7 Å². The summed E-state index contributed by atoms with van der Waals surface area (Å²) in [5.74, 6) is -0.636. The maximum absolute atomic E-state index is 12.3. The summed E-state index contributed by atoms with van der Waals surface area (Å²) in [7, 11) is 0. The molecule has 3 aromatic rings. The summed E-state index contributed by atoms with van der Waals surface area (Å²) >= 11 is 3.34. The molecule has 134 valence electrons. The van der Waals surface area contributed by atoms with Crippen LogP contribution in [0.3, 0.4) is 0 Å². The van der Waals surface area contributed by atoms with E-state index in [1.54, 1.807) is 67.0 Å². The van der Waals surface area contributed by atoms with Crippen molar-refractivity contribution in [3.63, 3.8) is 0 Å². The van der Waals surface area contributed by atoms with Crippen LogP contribution in [0.25, 0.3) is 0 Å². The number of halogens is 1. The average Bonchev–Trinajstić information content (AvgIpc) is 2.69. The van der Waals surface area contributed by atoms with E-state index in [1.165, 1.54) is 6.21 Å². The molecule has 3 rings (SSSR count). The lowest BCUT2D eigenvalue weighted by molar-refractivity contribution is 0.0953. The molecule has 27 heavy (non-hydrogen) atoms. The Labute approximate surface area is 164 Å². The fraction of sp³-hybridized carbons (Fsp3) is 0. The Balaban J connectivity index is 1.65. The van der Waals surface area contributed by atoms with Gasteiger partial charge in [0.15, 0.2) is 0 Å². The summed E-state index contributed by atoms with van der Waals surface area (Å²) in [5, 5.41) is 6.70. The number of benzene rings is 2. The van der Waals surface area contributed by atoms with Crippen molar-refractivity contribution in [3.8, 4) is 0 Å². The zero-order valence-corrected chi connectivity index (χ0v) is 15.7. The van der Waals surface area contributed by atoms with Crippen molar-refractivity contribution in [2.75, 3.05) is 5.32 Å². The fourth-order valence-corrected chi connectivity index (χ4v) is 2.65. The Kier molecular flexibility index (Phi) is 6.06. The van der Waals surface area contributed by atoms with Crippen LogP contribution in [0.2, 0.25) is 0 Å². The summed E-state index contributed by atoms with van der Waals surface area (Å²) in [4.78, 5) is 28.5. The van der Waals surface area contributed by atoms with Gasteiger partial charge in [-0.2, -0.15) is 5.10 Å². The van der Waals surface area contributed by atoms with Crippen molar-refractivity contribution in [1.29, 1.82) is 0 Å². The van der Waals surface area contributed by atoms with Crippen molar-refractivity contribution in [3.05, 3.63) is 94.2 Å². The normalized spacial score (nSPS) is 10.6. The Hall–Kier alpha value is -3.32. The van der Waals surface area contributed by atoms with E-state index in [0.717, 1.165) is 10.0 Å². The van der Waals surface area contributed by atoms with Crippen molar-refractivity contribution in [2.45, 2.75) is 0 Å². The summed E-state index contributed by atoms with van der Waals surface area (Å²) in [6.07, 6.45) is 4.81. The predicted molar refractivity (Wildman–Crippen MR) is 108 cm³/mol. The molecule has 6 nitrogen and oxygen atoms in total. The lowest BCUT2D eigenvalue weighted by Crippen LogP contribution is -2.18. The molecule has 7 heteroatoms. The van der Waals surface area contributed by atoms with E-state index in [9.17, 15) is 9.59 Å². The van der Waals surface area contributed by atoms with Crippen molar-refractivity contribution < 1.29 is 9.59 Å². The van der Waals surface area contributed by atoms with Crippen LogP contribution in [0.15, 0.2) is 82.6 Å². The molecule has 0 atom stereocenters. The van der Waals surface area contributed by atoms with E-state index in [-0.39, 0.29) is 11.8 Å². The molecule has 0 aliphatic rings. The Morgan fingerprint density at radius 1 is 0.926 bits per heavy atom. The van der Waals surface area contributed by atoms with Crippen LogP contribution in [-0.4, -0.2) is 23.0 Å². The molecule has 1 heterocycles. The number of hydrazone groups is 1. The molecule has 2 N–H and O–H groups in total. The number of amides is 2. The molecular formula is C20H15BrN4O2. The summed E-state index contributed by atoms with van der Waals surface area (Å²) in [5.41, 5.74) is 4.70. The minimum Gasteiger partial charge on any atom is -0.322 e. The fourth-order valence-electron chi connectivity index (χ4n) is 2.25. The van der Waals surface area contributed by atoms with Crippen LogP contribution < -0.4 is 10.7 Å². The number of aromatic nitrogens is 1. The van der Waals surface area contributed by atoms with E-state index >= 15 is 0 Å². The van der Waals surface area contributed by atoms with E-state index in [2.05, 4.69) is 36.8 Å². The molecule has 0 radical (unpaired) electrons. The third-order valence-electron chi connectivity index (χ3n) is 3.56. The number of nitrogens with one attached hydrogen (secondary N) is 2. The second-order valence-corrected chi connectivity index (χ2v) is 6.44. The van der Waals surface area contributed by atoms with Gasteiger partial charge < -0.3 is 5.32 Å². The number of nitrogens with zero attached hydrogens (tertiary/aromatic N) is 2. The maximum atomic E-state index is 12.3. The van der Waals surface area contributed by atoms with Crippen molar-refractivity contribution in [2.24, 2.45) is 5.10 Å². The van der Waals surface area contributed by atoms with E-state index in [4.69, 9.17) is 0 Å². The minimum atomic E-state index is -0.376. The molecule has 0 aliphatic carbocycles. The third kappa shape index (κ3) is 5.32. The van der Waals surface area contributed by atoms with Crippen molar-refractivity contribution in [1.82, 2.24) is 10.4 Å². The number of anilines is 1. The third-order valence-corrected chi connectivity index (χ3v) is 4.05. The van der Waals surface area contributed by atoms with Gasteiger partial charge >= 0.3 is 0 Å². The van der Waals surface area contributed by atoms with E-state index < -0.39 is 0 Å². The molecular weight excluding hydrogens is 408 g/mol. The second-order valence-electron chi connectivity index (χ2n) is 5.52. The van der Waals surface area contributed by atoms with Crippen LogP contribution in [0.5, 0.6) is 0 Å². The monoisotopic (exact) mass is 422 g/mol. The van der Waals surface area contributed by atoms with Gasteiger partial charge in [-0.1, -0.05) is 28.1 Å². The molecule has 0 unspecified atom stereocenters. The molecule has 0 bridgehead atoms. The van der Waals surface area contributed by atoms with Crippen LogP contribution in [0, 0.1) is 0 Å². The number of rotatable bonds is 5. The molecule has 0 saturated carbocycles. The highest BCUT2D eigenvalue weighted by atomic mass is 79.9. The highest BCUT2D eigenvalue weighted by Gasteiger charge is 2.09. The van der Waals surface area contributed by atoms with Crippen LogP contribution in [-0.2, 0) is 0 Å². The molecule has 0 fully saturated rings. The second kappa shape index (κ2) is 8.86. The van der Waals surface area contributed by atoms with E-state index in [1.807, 2.05) is 6.07 Å². The van der Waals surface area contributed by atoms with Gasteiger partial charge in [0.1, 0.15) is 0 Å². The Morgan fingerprint density at radius 3 is 2.37 bits per heavy atom. The highest BCUT2D eigenvalue weighted by molar-refractivity contribution is 9.10. The molecule has 0 spiro atoms. The number of carbonyl (C=O) groups is 2. The standard InChI is InChI=1S/C20H15BrN4O2/c21-17-5-1-3-15(11-17)19(26)24-18-6-2-4-16(12-18)20(27)25-23-13-14-7-9-22-10-8-14/h1-13H,(H,24,26)(H,25,27)/b23-13+.